The molecule has 164 valence electrons. The highest BCUT2D eigenvalue weighted by molar-refractivity contribution is 5.79. The van der Waals surface area contributed by atoms with Crippen LogP contribution < -0.4 is 15.4 Å². The number of guanidine groups is 1. The predicted octanol–water partition coefficient (Wildman–Crippen LogP) is 3.04. The summed E-state index contributed by atoms with van der Waals surface area (Å²) in [4.78, 5) is 6.71. The lowest BCUT2D eigenvalue weighted by Gasteiger charge is -2.16. The lowest BCUT2D eigenvalue weighted by molar-refractivity contribution is 0.150. The highest BCUT2D eigenvalue weighted by Gasteiger charge is 2.03. The molecule has 0 aliphatic heterocycles. The molecule has 0 aliphatic rings. The van der Waals surface area contributed by atoms with Gasteiger partial charge < -0.3 is 25.0 Å². The first-order valence-electron chi connectivity index (χ1n) is 10.3. The Labute approximate surface area is 179 Å². The molecular formula is C23H33FN4O2. The van der Waals surface area contributed by atoms with Gasteiger partial charge >= 0.3 is 0 Å². The standard InChI is InChI=1S/C23H33FN4O2/c1-4-25-23(26-17-19-7-5-9-21(24)15-19)27-18-20-8-6-10-22(16-20)30-14-12-28(2)11-13-29-3/h5-10,15-16H,4,11-14,17-18H2,1-3H3,(H2,25,26,27). The van der Waals surface area contributed by atoms with E-state index in [0.717, 1.165) is 36.5 Å². The Bertz CT molecular complexity index is 785. The SMILES string of the molecule is CCNC(=NCc1cccc(F)c1)NCc1cccc(OCCN(C)CCOC)c1. The van der Waals surface area contributed by atoms with Crippen LogP contribution in [0.15, 0.2) is 53.5 Å². The minimum absolute atomic E-state index is 0.248. The highest BCUT2D eigenvalue weighted by Crippen LogP contribution is 2.13. The van der Waals surface area contributed by atoms with Gasteiger partial charge in [0, 0.05) is 33.3 Å². The van der Waals surface area contributed by atoms with Crippen LogP contribution in [0.25, 0.3) is 0 Å². The molecule has 2 rings (SSSR count). The van der Waals surface area contributed by atoms with Crippen LogP contribution in [-0.2, 0) is 17.8 Å². The summed E-state index contributed by atoms with van der Waals surface area (Å²) in [5.41, 5.74) is 1.93. The van der Waals surface area contributed by atoms with Crippen molar-refractivity contribution in [1.82, 2.24) is 15.5 Å². The monoisotopic (exact) mass is 416 g/mol. The highest BCUT2D eigenvalue weighted by atomic mass is 19.1. The topological polar surface area (TPSA) is 58.1 Å². The lowest BCUT2D eigenvalue weighted by Crippen LogP contribution is -2.36. The fraction of sp³-hybridized carbons (Fsp3) is 0.435. The van der Waals surface area contributed by atoms with Gasteiger partial charge in [0.15, 0.2) is 5.96 Å². The number of hydrogen-bond acceptors (Lipinski definition) is 4. The molecule has 2 aromatic rings. The number of ether oxygens (including phenoxy) is 2. The third-order valence-electron chi connectivity index (χ3n) is 4.43. The minimum Gasteiger partial charge on any atom is -0.492 e. The number of rotatable bonds is 12. The molecule has 0 radical (unpaired) electrons. The first-order chi connectivity index (χ1) is 14.6. The van der Waals surface area contributed by atoms with Gasteiger partial charge in [0.1, 0.15) is 18.2 Å². The maximum absolute atomic E-state index is 13.3. The maximum Gasteiger partial charge on any atom is 0.191 e. The van der Waals surface area contributed by atoms with Crippen molar-refractivity contribution in [2.75, 3.05) is 47.0 Å². The average molecular weight is 417 g/mol. The van der Waals surface area contributed by atoms with E-state index >= 15 is 0 Å². The van der Waals surface area contributed by atoms with E-state index < -0.39 is 0 Å². The summed E-state index contributed by atoms with van der Waals surface area (Å²) in [5.74, 6) is 1.28. The lowest BCUT2D eigenvalue weighted by atomic mass is 10.2. The second kappa shape index (κ2) is 13.6. The van der Waals surface area contributed by atoms with Crippen molar-refractivity contribution in [3.05, 3.63) is 65.5 Å². The van der Waals surface area contributed by atoms with Crippen molar-refractivity contribution in [3.63, 3.8) is 0 Å². The van der Waals surface area contributed by atoms with Gasteiger partial charge in [-0.1, -0.05) is 24.3 Å². The van der Waals surface area contributed by atoms with Crippen LogP contribution in [0.4, 0.5) is 4.39 Å². The molecule has 0 aromatic heterocycles. The van der Waals surface area contributed by atoms with Crippen LogP contribution in [0.5, 0.6) is 5.75 Å². The normalized spacial score (nSPS) is 11.6. The van der Waals surface area contributed by atoms with Gasteiger partial charge in [0.25, 0.3) is 0 Å². The summed E-state index contributed by atoms with van der Waals surface area (Å²) in [6, 6.07) is 14.5. The largest absolute Gasteiger partial charge is 0.492 e. The third-order valence-corrected chi connectivity index (χ3v) is 4.43. The quantitative estimate of drug-likeness (QED) is 0.411. The summed E-state index contributed by atoms with van der Waals surface area (Å²) < 4.78 is 24.3. The molecule has 0 saturated heterocycles. The van der Waals surface area contributed by atoms with E-state index in [-0.39, 0.29) is 5.82 Å². The first-order valence-corrected chi connectivity index (χ1v) is 10.3. The fourth-order valence-corrected chi connectivity index (χ4v) is 2.76. The number of benzene rings is 2. The number of methoxy groups -OCH3 is 1. The van der Waals surface area contributed by atoms with Gasteiger partial charge in [-0.25, -0.2) is 9.38 Å². The smallest absolute Gasteiger partial charge is 0.191 e. The third kappa shape index (κ3) is 9.24. The molecule has 0 amide bonds. The molecule has 0 aliphatic carbocycles. The van der Waals surface area contributed by atoms with Crippen LogP contribution >= 0.6 is 0 Å². The molecule has 6 nitrogen and oxygen atoms in total. The Morgan fingerprint density at radius 1 is 1.03 bits per heavy atom. The Hall–Kier alpha value is -2.64. The second-order valence-electron chi connectivity index (χ2n) is 6.97. The Balaban J connectivity index is 1.85. The van der Waals surface area contributed by atoms with E-state index in [1.165, 1.54) is 12.1 Å². The van der Waals surface area contributed by atoms with E-state index in [4.69, 9.17) is 9.47 Å². The van der Waals surface area contributed by atoms with Crippen LogP contribution in [0.2, 0.25) is 0 Å². The van der Waals surface area contributed by atoms with Gasteiger partial charge in [-0.3, -0.25) is 0 Å². The van der Waals surface area contributed by atoms with Gasteiger partial charge in [-0.2, -0.15) is 0 Å². The summed E-state index contributed by atoms with van der Waals surface area (Å²) in [5, 5.41) is 6.53. The second-order valence-corrected chi connectivity index (χ2v) is 6.97. The molecule has 0 saturated carbocycles. The molecular weight excluding hydrogens is 383 g/mol. The number of halogens is 1. The molecule has 2 aromatic carbocycles. The van der Waals surface area contributed by atoms with E-state index in [1.807, 2.05) is 44.3 Å². The molecule has 0 unspecified atom stereocenters. The predicted molar refractivity (Wildman–Crippen MR) is 119 cm³/mol. The number of likely N-dealkylation sites (N-methyl/N-ethyl adjacent to an activating group) is 1. The van der Waals surface area contributed by atoms with Crippen LogP contribution in [0.1, 0.15) is 18.1 Å². The molecule has 0 bridgehead atoms. The van der Waals surface area contributed by atoms with Crippen molar-refractivity contribution >= 4 is 5.96 Å². The molecule has 0 fully saturated rings. The molecule has 0 heterocycles. The minimum atomic E-state index is -0.248. The van der Waals surface area contributed by atoms with Crippen LogP contribution in [-0.4, -0.2) is 57.9 Å². The van der Waals surface area contributed by atoms with Crippen molar-refractivity contribution in [2.45, 2.75) is 20.0 Å². The van der Waals surface area contributed by atoms with Gasteiger partial charge in [-0.15, -0.1) is 0 Å². The number of hydrogen-bond donors (Lipinski definition) is 2. The van der Waals surface area contributed by atoms with E-state index in [9.17, 15) is 4.39 Å². The fourth-order valence-electron chi connectivity index (χ4n) is 2.76. The number of nitrogens with zero attached hydrogens (tertiary/aromatic N) is 2. The Kier molecular flexibility index (Phi) is 10.7. The van der Waals surface area contributed by atoms with Crippen molar-refractivity contribution in [3.8, 4) is 5.75 Å². The van der Waals surface area contributed by atoms with Crippen molar-refractivity contribution < 1.29 is 13.9 Å². The van der Waals surface area contributed by atoms with Gasteiger partial charge in [0.2, 0.25) is 0 Å². The molecule has 7 heteroatoms. The van der Waals surface area contributed by atoms with Crippen molar-refractivity contribution in [1.29, 1.82) is 0 Å². The maximum atomic E-state index is 13.3. The van der Waals surface area contributed by atoms with Gasteiger partial charge in [0.05, 0.1) is 13.2 Å². The average Bonchev–Trinajstić information content (AvgIpc) is 2.74. The number of nitrogens with one attached hydrogen (secondary N) is 2. The molecule has 0 spiro atoms. The van der Waals surface area contributed by atoms with Crippen LogP contribution in [0.3, 0.4) is 0 Å². The zero-order valence-corrected chi connectivity index (χ0v) is 18.2. The zero-order chi connectivity index (χ0) is 21.6. The summed E-state index contributed by atoms with van der Waals surface area (Å²) >= 11 is 0. The van der Waals surface area contributed by atoms with Crippen molar-refractivity contribution in [2.24, 2.45) is 4.99 Å². The first kappa shape index (κ1) is 23.6. The summed E-state index contributed by atoms with van der Waals surface area (Å²) in [6.45, 7) is 6.83. The molecule has 0 atom stereocenters. The zero-order valence-electron chi connectivity index (χ0n) is 18.2. The van der Waals surface area contributed by atoms with Gasteiger partial charge in [-0.05, 0) is 49.4 Å². The van der Waals surface area contributed by atoms with Crippen LogP contribution in [0, 0.1) is 5.82 Å². The summed E-state index contributed by atoms with van der Waals surface area (Å²) in [6.07, 6.45) is 0. The Morgan fingerprint density at radius 2 is 1.80 bits per heavy atom. The number of aliphatic imine (C=N–C) groups is 1. The van der Waals surface area contributed by atoms with E-state index in [0.29, 0.717) is 32.3 Å². The summed E-state index contributed by atoms with van der Waals surface area (Å²) in [7, 11) is 3.76. The van der Waals surface area contributed by atoms with E-state index in [1.54, 1.807) is 13.2 Å². The molecule has 30 heavy (non-hydrogen) atoms. The van der Waals surface area contributed by atoms with E-state index in [2.05, 4.69) is 20.5 Å². The Morgan fingerprint density at radius 3 is 2.57 bits per heavy atom. The molecule has 2 N–H and O–H groups in total.